The van der Waals surface area contributed by atoms with E-state index in [0.717, 1.165) is 53.6 Å². The molecule has 0 radical (unpaired) electrons. The van der Waals surface area contributed by atoms with Crippen molar-refractivity contribution in [3.8, 4) is 17.0 Å². The lowest BCUT2D eigenvalue weighted by atomic mass is 10.0. The number of aromatic nitrogens is 2. The Labute approximate surface area is 158 Å². The molecule has 0 atom stereocenters. The fourth-order valence-electron chi connectivity index (χ4n) is 3.34. The van der Waals surface area contributed by atoms with Crippen molar-refractivity contribution in [2.45, 2.75) is 26.5 Å². The van der Waals surface area contributed by atoms with Gasteiger partial charge in [-0.25, -0.2) is 0 Å². The van der Waals surface area contributed by atoms with Gasteiger partial charge in [-0.15, -0.1) is 0 Å². The van der Waals surface area contributed by atoms with Gasteiger partial charge >= 0.3 is 0 Å². The molecule has 26 heavy (non-hydrogen) atoms. The van der Waals surface area contributed by atoms with Crippen molar-refractivity contribution in [3.05, 3.63) is 70.4 Å². The third-order valence-electron chi connectivity index (χ3n) is 4.89. The average molecular weight is 368 g/mol. The Morgan fingerprint density at radius 1 is 1.19 bits per heavy atom. The van der Waals surface area contributed by atoms with Gasteiger partial charge in [-0.05, 0) is 36.4 Å². The monoisotopic (exact) mass is 367 g/mol. The fourth-order valence-corrected chi connectivity index (χ4v) is 3.47. The van der Waals surface area contributed by atoms with Crippen molar-refractivity contribution in [3.63, 3.8) is 0 Å². The minimum absolute atomic E-state index is 0.517. The molecule has 1 aliphatic rings. The molecule has 0 saturated heterocycles. The number of nitrogens with zero attached hydrogens (tertiary/aromatic N) is 2. The van der Waals surface area contributed by atoms with E-state index in [4.69, 9.17) is 16.3 Å². The van der Waals surface area contributed by atoms with Gasteiger partial charge in [-0.1, -0.05) is 42.8 Å². The predicted octanol–water partition coefficient (Wildman–Crippen LogP) is 4.69. The van der Waals surface area contributed by atoms with Gasteiger partial charge in [0.2, 0.25) is 0 Å². The van der Waals surface area contributed by atoms with Gasteiger partial charge in [0, 0.05) is 41.4 Å². The van der Waals surface area contributed by atoms with Crippen LogP contribution in [0.3, 0.4) is 0 Å². The van der Waals surface area contributed by atoms with Crippen LogP contribution in [0.5, 0.6) is 5.75 Å². The summed E-state index contributed by atoms with van der Waals surface area (Å²) >= 11 is 5.93. The van der Waals surface area contributed by atoms with Gasteiger partial charge in [0.1, 0.15) is 12.4 Å². The molecule has 3 aromatic rings. The summed E-state index contributed by atoms with van der Waals surface area (Å²) in [5.41, 5.74) is 5.80. The summed E-state index contributed by atoms with van der Waals surface area (Å²) in [5, 5.41) is 8.54. The zero-order valence-electron chi connectivity index (χ0n) is 14.8. The molecule has 0 spiro atoms. The van der Waals surface area contributed by atoms with Crippen LogP contribution in [0, 0.1) is 0 Å². The van der Waals surface area contributed by atoms with E-state index >= 15 is 0 Å². The molecule has 0 bridgehead atoms. The fraction of sp³-hybridized carbons (Fsp3) is 0.286. The van der Waals surface area contributed by atoms with Gasteiger partial charge in [-0.2, -0.15) is 5.10 Å². The first-order valence-corrected chi connectivity index (χ1v) is 9.37. The SMILES string of the molecule is CCN1CCc2[nH]nc(-c3cccc(OCc4ccc(Cl)cc4)c3)c2C1. The van der Waals surface area contributed by atoms with E-state index in [-0.39, 0.29) is 0 Å². The number of aromatic amines is 1. The van der Waals surface area contributed by atoms with Gasteiger partial charge < -0.3 is 4.74 Å². The highest BCUT2D eigenvalue weighted by Crippen LogP contribution is 2.30. The van der Waals surface area contributed by atoms with Crippen LogP contribution in [0.15, 0.2) is 48.5 Å². The Hall–Kier alpha value is -2.30. The van der Waals surface area contributed by atoms with Crippen LogP contribution < -0.4 is 4.74 Å². The summed E-state index contributed by atoms with van der Waals surface area (Å²) in [6, 6.07) is 15.9. The second-order valence-corrected chi connectivity index (χ2v) is 7.03. The molecule has 2 aromatic carbocycles. The minimum Gasteiger partial charge on any atom is -0.489 e. The van der Waals surface area contributed by atoms with E-state index in [2.05, 4.69) is 34.2 Å². The number of ether oxygens (including phenoxy) is 1. The largest absolute Gasteiger partial charge is 0.489 e. The number of rotatable bonds is 5. The maximum Gasteiger partial charge on any atom is 0.120 e. The number of nitrogens with one attached hydrogen (secondary N) is 1. The molecule has 0 unspecified atom stereocenters. The third-order valence-corrected chi connectivity index (χ3v) is 5.14. The van der Waals surface area contributed by atoms with Gasteiger partial charge in [0.15, 0.2) is 0 Å². The van der Waals surface area contributed by atoms with Gasteiger partial charge in [0.05, 0.1) is 5.69 Å². The average Bonchev–Trinajstić information content (AvgIpc) is 3.11. The smallest absolute Gasteiger partial charge is 0.120 e. The summed E-state index contributed by atoms with van der Waals surface area (Å²) in [4.78, 5) is 2.45. The number of H-pyrrole nitrogens is 1. The third kappa shape index (κ3) is 3.62. The standard InChI is InChI=1S/C21H22ClN3O/c1-2-25-11-10-20-19(13-25)21(24-23-20)16-4-3-5-18(12-16)26-14-15-6-8-17(22)9-7-15/h3-9,12H,2,10-11,13-14H2,1H3,(H,23,24). The molecule has 1 aromatic heterocycles. The lowest BCUT2D eigenvalue weighted by molar-refractivity contribution is 0.267. The number of hydrogen-bond donors (Lipinski definition) is 1. The van der Waals surface area contributed by atoms with E-state index in [1.165, 1.54) is 11.3 Å². The van der Waals surface area contributed by atoms with Gasteiger partial charge in [-0.3, -0.25) is 10.00 Å². The highest BCUT2D eigenvalue weighted by molar-refractivity contribution is 6.30. The first-order chi connectivity index (χ1) is 12.7. The Balaban J connectivity index is 1.53. The first-order valence-electron chi connectivity index (χ1n) is 8.99. The topological polar surface area (TPSA) is 41.2 Å². The number of likely N-dealkylation sites (N-methyl/N-ethyl adjacent to an activating group) is 1. The van der Waals surface area contributed by atoms with Crippen LogP contribution in [0.25, 0.3) is 11.3 Å². The van der Waals surface area contributed by atoms with E-state index < -0.39 is 0 Å². The quantitative estimate of drug-likeness (QED) is 0.711. The Kier molecular flexibility index (Phi) is 4.96. The summed E-state index contributed by atoms with van der Waals surface area (Å²) < 4.78 is 5.97. The Bertz CT molecular complexity index is 889. The van der Waals surface area contributed by atoms with Crippen LogP contribution in [-0.4, -0.2) is 28.2 Å². The van der Waals surface area contributed by atoms with Crippen molar-refractivity contribution < 1.29 is 4.74 Å². The van der Waals surface area contributed by atoms with Crippen LogP contribution in [0.1, 0.15) is 23.7 Å². The number of hydrogen-bond acceptors (Lipinski definition) is 3. The summed E-state index contributed by atoms with van der Waals surface area (Å²) in [6.45, 7) is 5.83. The van der Waals surface area contributed by atoms with E-state index in [9.17, 15) is 0 Å². The summed E-state index contributed by atoms with van der Waals surface area (Å²) in [5.74, 6) is 0.845. The van der Waals surface area contributed by atoms with Crippen molar-refractivity contribution in [1.82, 2.24) is 15.1 Å². The lowest BCUT2D eigenvalue weighted by Gasteiger charge is -2.25. The molecular weight excluding hydrogens is 346 g/mol. The molecule has 1 aliphatic heterocycles. The van der Waals surface area contributed by atoms with E-state index in [1.807, 2.05) is 36.4 Å². The molecule has 4 nitrogen and oxygen atoms in total. The second-order valence-electron chi connectivity index (χ2n) is 6.59. The van der Waals surface area contributed by atoms with Crippen molar-refractivity contribution in [2.75, 3.05) is 13.1 Å². The van der Waals surface area contributed by atoms with Crippen LogP contribution in [0.4, 0.5) is 0 Å². The summed E-state index contributed by atoms with van der Waals surface area (Å²) in [6.07, 6.45) is 1.03. The normalized spacial score (nSPS) is 14.2. The molecule has 0 saturated carbocycles. The first kappa shape index (κ1) is 17.1. The Morgan fingerprint density at radius 3 is 2.85 bits per heavy atom. The van der Waals surface area contributed by atoms with Crippen molar-refractivity contribution in [1.29, 1.82) is 0 Å². The van der Waals surface area contributed by atoms with Crippen LogP contribution >= 0.6 is 11.6 Å². The molecule has 5 heteroatoms. The highest BCUT2D eigenvalue weighted by Gasteiger charge is 2.21. The maximum absolute atomic E-state index is 5.97. The molecule has 134 valence electrons. The van der Waals surface area contributed by atoms with Gasteiger partial charge in [0.25, 0.3) is 0 Å². The lowest BCUT2D eigenvalue weighted by Crippen LogP contribution is -2.30. The van der Waals surface area contributed by atoms with Crippen LogP contribution in [-0.2, 0) is 19.6 Å². The van der Waals surface area contributed by atoms with Crippen molar-refractivity contribution >= 4 is 11.6 Å². The minimum atomic E-state index is 0.517. The van der Waals surface area contributed by atoms with Crippen molar-refractivity contribution in [2.24, 2.45) is 0 Å². The molecule has 0 amide bonds. The molecule has 0 aliphatic carbocycles. The molecule has 2 heterocycles. The highest BCUT2D eigenvalue weighted by atomic mass is 35.5. The zero-order valence-corrected chi connectivity index (χ0v) is 15.6. The number of benzene rings is 2. The number of fused-ring (bicyclic) bond motifs is 1. The molecule has 1 N–H and O–H groups in total. The van der Waals surface area contributed by atoms with E-state index in [0.29, 0.717) is 6.61 Å². The molecular formula is C21H22ClN3O. The van der Waals surface area contributed by atoms with E-state index in [1.54, 1.807) is 0 Å². The maximum atomic E-state index is 5.97. The molecule has 4 rings (SSSR count). The number of halogens is 1. The predicted molar refractivity (Wildman–Crippen MR) is 104 cm³/mol. The Morgan fingerprint density at radius 2 is 2.04 bits per heavy atom. The van der Waals surface area contributed by atoms with Crippen LogP contribution in [0.2, 0.25) is 5.02 Å². The second kappa shape index (κ2) is 7.52. The zero-order chi connectivity index (χ0) is 17.9. The molecule has 0 fully saturated rings. The summed E-state index contributed by atoms with van der Waals surface area (Å²) in [7, 11) is 0.